The van der Waals surface area contributed by atoms with Crippen LogP contribution in [0.3, 0.4) is 0 Å². The maximum Gasteiger partial charge on any atom is 0.145 e. The fraction of sp³-hybridized carbons (Fsp3) is 0.0769. The summed E-state index contributed by atoms with van der Waals surface area (Å²) in [4.78, 5) is 13.6. The van der Waals surface area contributed by atoms with Crippen LogP contribution in [-0.4, -0.2) is 22.0 Å². The minimum Gasteiger partial charge on any atom is -0.399 e. The molecule has 0 saturated heterocycles. The van der Waals surface area contributed by atoms with E-state index in [4.69, 9.17) is 5.73 Å². The topological polar surface area (TPSA) is 70.8 Å². The van der Waals surface area contributed by atoms with Crippen LogP contribution in [0.15, 0.2) is 42.9 Å². The number of benzene rings is 1. The van der Waals surface area contributed by atoms with Gasteiger partial charge in [0, 0.05) is 24.6 Å². The third-order valence-electron chi connectivity index (χ3n) is 2.91. The van der Waals surface area contributed by atoms with Gasteiger partial charge in [-0.25, -0.2) is 9.97 Å². The van der Waals surface area contributed by atoms with E-state index in [0.29, 0.717) is 0 Å². The third-order valence-corrected chi connectivity index (χ3v) is 2.91. The first-order valence-corrected chi connectivity index (χ1v) is 5.63. The monoisotopic (exact) mass is 239 g/mol. The van der Waals surface area contributed by atoms with Gasteiger partial charge in [-0.05, 0) is 24.3 Å². The molecule has 0 radical (unpaired) electrons. The number of nitrogens with one attached hydrogen (secondary N) is 1. The van der Waals surface area contributed by atoms with Gasteiger partial charge in [0.15, 0.2) is 0 Å². The lowest BCUT2D eigenvalue weighted by atomic mass is 10.2. The minimum absolute atomic E-state index is 0.735. The highest BCUT2D eigenvalue weighted by Crippen LogP contribution is 2.28. The molecule has 18 heavy (non-hydrogen) atoms. The zero-order chi connectivity index (χ0) is 12.5. The fourth-order valence-corrected chi connectivity index (χ4v) is 1.98. The molecule has 0 aliphatic heterocycles. The summed E-state index contributed by atoms with van der Waals surface area (Å²) in [6.07, 6.45) is 3.41. The second kappa shape index (κ2) is 4.03. The molecule has 0 aliphatic rings. The number of hydrogen-bond acceptors (Lipinski definition) is 4. The molecule has 2 aromatic heterocycles. The highest BCUT2D eigenvalue weighted by Gasteiger charge is 2.10. The summed E-state index contributed by atoms with van der Waals surface area (Å²) in [5.41, 5.74) is 8.36. The largest absolute Gasteiger partial charge is 0.399 e. The van der Waals surface area contributed by atoms with Crippen LogP contribution < -0.4 is 10.6 Å². The molecule has 1 aromatic carbocycles. The van der Waals surface area contributed by atoms with Gasteiger partial charge in [-0.1, -0.05) is 6.07 Å². The molecule has 0 fully saturated rings. The van der Waals surface area contributed by atoms with Crippen molar-refractivity contribution in [2.75, 3.05) is 17.7 Å². The van der Waals surface area contributed by atoms with Crippen molar-refractivity contribution in [3.05, 3.63) is 42.9 Å². The van der Waals surface area contributed by atoms with Crippen molar-refractivity contribution in [3.63, 3.8) is 0 Å². The van der Waals surface area contributed by atoms with Gasteiger partial charge in [0.25, 0.3) is 0 Å². The summed E-state index contributed by atoms with van der Waals surface area (Å²) in [7, 11) is 1.96. The van der Waals surface area contributed by atoms with E-state index in [2.05, 4.69) is 15.0 Å². The lowest BCUT2D eigenvalue weighted by Crippen LogP contribution is -2.11. The molecule has 0 bridgehead atoms. The van der Waals surface area contributed by atoms with Crippen molar-refractivity contribution in [2.45, 2.75) is 0 Å². The number of fused-ring (bicyclic) bond motifs is 1. The zero-order valence-electron chi connectivity index (χ0n) is 9.96. The number of nitrogens with zero attached hydrogens (tertiary/aromatic N) is 3. The Balaban J connectivity index is 2.12. The summed E-state index contributed by atoms with van der Waals surface area (Å²) >= 11 is 0. The first-order valence-electron chi connectivity index (χ1n) is 5.63. The van der Waals surface area contributed by atoms with Gasteiger partial charge in [-0.3, -0.25) is 0 Å². The Morgan fingerprint density at radius 1 is 1.22 bits per heavy atom. The second-order valence-corrected chi connectivity index (χ2v) is 4.09. The molecule has 90 valence electrons. The number of H-pyrrole nitrogens is 1. The summed E-state index contributed by atoms with van der Waals surface area (Å²) in [5, 5.41) is 0.988. The maximum absolute atomic E-state index is 5.80. The number of aromatic nitrogens is 3. The second-order valence-electron chi connectivity index (χ2n) is 4.09. The molecule has 3 N–H and O–H groups in total. The van der Waals surface area contributed by atoms with Crippen molar-refractivity contribution < 1.29 is 0 Å². The van der Waals surface area contributed by atoms with Crippen LogP contribution in [-0.2, 0) is 0 Å². The fourth-order valence-electron chi connectivity index (χ4n) is 1.98. The Bertz CT molecular complexity index is 688. The molecular weight excluding hydrogens is 226 g/mol. The van der Waals surface area contributed by atoms with E-state index in [1.54, 1.807) is 6.33 Å². The van der Waals surface area contributed by atoms with Gasteiger partial charge in [0.2, 0.25) is 0 Å². The number of anilines is 3. The highest BCUT2D eigenvalue weighted by molar-refractivity contribution is 5.89. The molecule has 2 heterocycles. The van der Waals surface area contributed by atoms with E-state index in [0.717, 1.165) is 28.2 Å². The van der Waals surface area contributed by atoms with Crippen molar-refractivity contribution in [2.24, 2.45) is 0 Å². The smallest absolute Gasteiger partial charge is 0.145 e. The van der Waals surface area contributed by atoms with Crippen LogP contribution >= 0.6 is 0 Å². The normalized spacial score (nSPS) is 10.7. The number of nitrogens with two attached hydrogens (primary N) is 1. The standard InChI is InChI=1S/C13H13N5/c1-18(10-4-2-3-9(14)7-10)13-11-5-6-15-12(11)16-8-17-13/h2-8H,14H2,1H3,(H,15,16,17). The van der Waals surface area contributed by atoms with Crippen LogP contribution in [0.5, 0.6) is 0 Å². The molecule has 0 unspecified atom stereocenters. The Kier molecular flexibility index (Phi) is 2.37. The van der Waals surface area contributed by atoms with Crippen LogP contribution in [0.2, 0.25) is 0 Å². The molecule has 3 aromatic rings. The molecule has 0 spiro atoms. The average Bonchev–Trinajstić information content (AvgIpc) is 2.86. The van der Waals surface area contributed by atoms with Crippen molar-refractivity contribution in [1.82, 2.24) is 15.0 Å². The van der Waals surface area contributed by atoms with Gasteiger partial charge in [-0.2, -0.15) is 0 Å². The molecule has 0 atom stereocenters. The van der Waals surface area contributed by atoms with E-state index in [9.17, 15) is 0 Å². The van der Waals surface area contributed by atoms with E-state index in [1.807, 2.05) is 48.5 Å². The molecule has 0 amide bonds. The molecule has 3 rings (SSSR count). The summed E-state index contributed by atoms with van der Waals surface area (Å²) in [6, 6.07) is 9.67. The van der Waals surface area contributed by atoms with E-state index in [1.165, 1.54) is 0 Å². The van der Waals surface area contributed by atoms with Gasteiger partial charge >= 0.3 is 0 Å². The quantitative estimate of drug-likeness (QED) is 0.673. The molecule has 0 aliphatic carbocycles. The SMILES string of the molecule is CN(c1cccc(N)c1)c1ncnc2[nH]ccc12. The number of nitrogen functional groups attached to an aromatic ring is 1. The van der Waals surface area contributed by atoms with Crippen LogP contribution in [0.25, 0.3) is 11.0 Å². The lowest BCUT2D eigenvalue weighted by Gasteiger charge is -2.19. The van der Waals surface area contributed by atoms with Gasteiger partial charge in [0.1, 0.15) is 17.8 Å². The molecule has 0 saturated carbocycles. The van der Waals surface area contributed by atoms with Gasteiger partial charge in [0.05, 0.1) is 5.39 Å². The summed E-state index contributed by atoms with van der Waals surface area (Å²) < 4.78 is 0. The summed E-state index contributed by atoms with van der Waals surface area (Å²) in [5.74, 6) is 0.854. The van der Waals surface area contributed by atoms with E-state index < -0.39 is 0 Å². The minimum atomic E-state index is 0.735. The summed E-state index contributed by atoms with van der Waals surface area (Å²) in [6.45, 7) is 0. The van der Waals surface area contributed by atoms with Crippen LogP contribution in [0.4, 0.5) is 17.2 Å². The van der Waals surface area contributed by atoms with Crippen molar-refractivity contribution in [3.8, 4) is 0 Å². The first-order chi connectivity index (χ1) is 8.75. The number of aromatic amines is 1. The molecule has 5 heteroatoms. The lowest BCUT2D eigenvalue weighted by molar-refractivity contribution is 1.11. The Morgan fingerprint density at radius 3 is 2.94 bits per heavy atom. The van der Waals surface area contributed by atoms with Crippen molar-refractivity contribution in [1.29, 1.82) is 0 Å². The highest BCUT2D eigenvalue weighted by atomic mass is 15.2. The zero-order valence-corrected chi connectivity index (χ0v) is 9.96. The third kappa shape index (κ3) is 1.66. The van der Waals surface area contributed by atoms with E-state index in [-0.39, 0.29) is 0 Å². The number of hydrogen-bond donors (Lipinski definition) is 2. The van der Waals surface area contributed by atoms with Crippen LogP contribution in [0, 0.1) is 0 Å². The van der Waals surface area contributed by atoms with Crippen molar-refractivity contribution >= 4 is 28.2 Å². The van der Waals surface area contributed by atoms with E-state index >= 15 is 0 Å². The van der Waals surface area contributed by atoms with Gasteiger partial charge in [-0.15, -0.1) is 0 Å². The Hall–Kier alpha value is -2.56. The predicted octanol–water partition coefficient (Wildman–Crippen LogP) is 2.31. The molecule has 5 nitrogen and oxygen atoms in total. The molecular formula is C13H13N5. The first kappa shape index (κ1) is 10.6. The Morgan fingerprint density at radius 2 is 2.11 bits per heavy atom. The maximum atomic E-state index is 5.80. The average molecular weight is 239 g/mol. The predicted molar refractivity (Wildman–Crippen MR) is 72.8 cm³/mol. The van der Waals surface area contributed by atoms with Gasteiger partial charge < -0.3 is 15.6 Å². The number of rotatable bonds is 2. The Labute approximate surface area is 104 Å². The van der Waals surface area contributed by atoms with Crippen LogP contribution in [0.1, 0.15) is 0 Å².